The van der Waals surface area contributed by atoms with E-state index in [2.05, 4.69) is 4.98 Å². The Bertz CT molecular complexity index is 794. The third-order valence-corrected chi connectivity index (χ3v) is 4.00. The van der Waals surface area contributed by atoms with Crippen molar-refractivity contribution in [2.75, 3.05) is 0 Å². The van der Waals surface area contributed by atoms with Crippen LogP contribution in [0.3, 0.4) is 0 Å². The number of nitrogens with one attached hydrogen (secondary N) is 1. The SMILES string of the molecule is O=C(c1ccc(Cl)c(Cl)c1)c1c[nH]cc1-c1ccccc1. The quantitative estimate of drug-likeness (QED) is 0.660. The Hall–Kier alpha value is -2.03. The lowest BCUT2D eigenvalue weighted by molar-refractivity contribution is 0.103. The van der Waals surface area contributed by atoms with E-state index < -0.39 is 0 Å². The van der Waals surface area contributed by atoms with Crippen molar-refractivity contribution in [3.63, 3.8) is 0 Å². The van der Waals surface area contributed by atoms with Gasteiger partial charge in [-0.15, -0.1) is 0 Å². The summed E-state index contributed by atoms with van der Waals surface area (Å²) in [6, 6.07) is 14.7. The van der Waals surface area contributed by atoms with Crippen molar-refractivity contribution in [3.05, 3.63) is 82.1 Å². The van der Waals surface area contributed by atoms with Gasteiger partial charge in [-0.2, -0.15) is 0 Å². The lowest BCUT2D eigenvalue weighted by Gasteiger charge is -2.05. The summed E-state index contributed by atoms with van der Waals surface area (Å²) >= 11 is 11.9. The van der Waals surface area contributed by atoms with Crippen molar-refractivity contribution in [1.82, 2.24) is 4.98 Å². The van der Waals surface area contributed by atoms with Gasteiger partial charge in [-0.05, 0) is 23.8 Å². The minimum absolute atomic E-state index is 0.0892. The Morgan fingerprint density at radius 1 is 0.905 bits per heavy atom. The van der Waals surface area contributed by atoms with Gasteiger partial charge in [-0.3, -0.25) is 4.79 Å². The molecule has 0 saturated heterocycles. The fourth-order valence-electron chi connectivity index (χ4n) is 2.20. The first-order chi connectivity index (χ1) is 10.2. The molecule has 1 N–H and O–H groups in total. The second-order valence-corrected chi connectivity index (χ2v) is 5.42. The molecule has 3 aromatic rings. The molecule has 3 rings (SSSR count). The Morgan fingerprint density at radius 3 is 2.38 bits per heavy atom. The Kier molecular flexibility index (Phi) is 3.82. The van der Waals surface area contributed by atoms with Crippen molar-refractivity contribution >= 4 is 29.0 Å². The minimum atomic E-state index is -0.0892. The van der Waals surface area contributed by atoms with Crippen molar-refractivity contribution < 1.29 is 4.79 Å². The molecule has 0 amide bonds. The number of carbonyl (C=O) groups excluding carboxylic acids is 1. The molecule has 0 bridgehead atoms. The number of halogens is 2. The fraction of sp³-hybridized carbons (Fsp3) is 0. The highest BCUT2D eigenvalue weighted by atomic mass is 35.5. The maximum absolute atomic E-state index is 12.6. The van der Waals surface area contributed by atoms with Crippen LogP contribution in [0.1, 0.15) is 15.9 Å². The Morgan fingerprint density at radius 2 is 1.67 bits per heavy atom. The van der Waals surface area contributed by atoms with Crippen molar-refractivity contribution in [2.24, 2.45) is 0 Å². The standard InChI is InChI=1S/C17H11Cl2NO/c18-15-7-6-12(8-16(15)19)17(21)14-10-20-9-13(14)11-4-2-1-3-5-11/h1-10,20H. The zero-order chi connectivity index (χ0) is 14.8. The number of aromatic nitrogens is 1. The van der Waals surface area contributed by atoms with Crippen LogP contribution in [-0.4, -0.2) is 10.8 Å². The first-order valence-corrected chi connectivity index (χ1v) is 7.14. The number of hydrogen-bond donors (Lipinski definition) is 1. The van der Waals surface area contributed by atoms with Crippen molar-refractivity contribution in [2.45, 2.75) is 0 Å². The molecule has 4 heteroatoms. The van der Waals surface area contributed by atoms with Gasteiger partial charge in [0.15, 0.2) is 5.78 Å². The first-order valence-electron chi connectivity index (χ1n) is 6.39. The van der Waals surface area contributed by atoms with Gasteiger partial charge in [0.2, 0.25) is 0 Å². The van der Waals surface area contributed by atoms with Crippen LogP contribution in [0.4, 0.5) is 0 Å². The van der Waals surface area contributed by atoms with E-state index in [1.54, 1.807) is 24.4 Å². The number of hydrogen-bond acceptors (Lipinski definition) is 1. The van der Waals surface area contributed by atoms with Gasteiger partial charge in [0.05, 0.1) is 10.0 Å². The molecule has 0 atom stereocenters. The van der Waals surface area contributed by atoms with Gasteiger partial charge in [-0.25, -0.2) is 0 Å². The number of benzene rings is 2. The predicted molar refractivity (Wildman–Crippen MR) is 86.1 cm³/mol. The number of ketones is 1. The van der Waals surface area contributed by atoms with E-state index in [0.717, 1.165) is 11.1 Å². The van der Waals surface area contributed by atoms with Gasteiger partial charge in [0.1, 0.15) is 0 Å². The van der Waals surface area contributed by atoms with E-state index in [9.17, 15) is 4.79 Å². The maximum Gasteiger partial charge on any atom is 0.195 e. The second kappa shape index (κ2) is 5.76. The molecule has 0 aliphatic heterocycles. The Labute approximate surface area is 132 Å². The van der Waals surface area contributed by atoms with Gasteiger partial charge in [0, 0.05) is 29.1 Å². The predicted octanol–water partition coefficient (Wildman–Crippen LogP) is 5.22. The highest BCUT2D eigenvalue weighted by Crippen LogP contribution is 2.28. The summed E-state index contributed by atoms with van der Waals surface area (Å²) < 4.78 is 0. The molecule has 1 aromatic heterocycles. The molecule has 0 unspecified atom stereocenters. The number of aromatic amines is 1. The van der Waals surface area contributed by atoms with E-state index in [0.29, 0.717) is 21.2 Å². The van der Waals surface area contributed by atoms with E-state index in [1.165, 1.54) is 0 Å². The van der Waals surface area contributed by atoms with Crippen LogP contribution in [0.15, 0.2) is 60.9 Å². The van der Waals surface area contributed by atoms with Gasteiger partial charge >= 0.3 is 0 Å². The molecule has 0 aliphatic rings. The Balaban J connectivity index is 2.03. The maximum atomic E-state index is 12.6. The summed E-state index contributed by atoms with van der Waals surface area (Å²) in [5, 5.41) is 0.810. The van der Waals surface area contributed by atoms with E-state index in [4.69, 9.17) is 23.2 Å². The van der Waals surface area contributed by atoms with Crippen LogP contribution in [0.5, 0.6) is 0 Å². The summed E-state index contributed by atoms with van der Waals surface area (Å²) in [6.07, 6.45) is 3.52. The van der Waals surface area contributed by atoms with Crippen molar-refractivity contribution in [3.8, 4) is 11.1 Å². The number of H-pyrrole nitrogens is 1. The number of rotatable bonds is 3. The van der Waals surface area contributed by atoms with E-state index in [1.807, 2.05) is 36.5 Å². The zero-order valence-electron chi connectivity index (χ0n) is 10.9. The van der Waals surface area contributed by atoms with Crippen molar-refractivity contribution in [1.29, 1.82) is 0 Å². The summed E-state index contributed by atoms with van der Waals surface area (Å²) in [5.41, 5.74) is 2.98. The summed E-state index contributed by atoms with van der Waals surface area (Å²) in [5.74, 6) is -0.0892. The molecular formula is C17H11Cl2NO. The lowest BCUT2D eigenvalue weighted by Crippen LogP contribution is -2.01. The molecule has 104 valence electrons. The highest BCUT2D eigenvalue weighted by Gasteiger charge is 2.16. The molecule has 0 saturated carbocycles. The van der Waals surface area contributed by atoms with Gasteiger partial charge in [0.25, 0.3) is 0 Å². The molecule has 0 radical (unpaired) electrons. The molecule has 21 heavy (non-hydrogen) atoms. The topological polar surface area (TPSA) is 32.9 Å². The van der Waals surface area contributed by atoms with Gasteiger partial charge in [-0.1, -0.05) is 53.5 Å². The van der Waals surface area contributed by atoms with E-state index in [-0.39, 0.29) is 5.78 Å². The molecule has 0 spiro atoms. The largest absolute Gasteiger partial charge is 0.366 e. The first kappa shape index (κ1) is 13.9. The third kappa shape index (κ3) is 2.73. The lowest BCUT2D eigenvalue weighted by atomic mass is 9.98. The number of carbonyl (C=O) groups is 1. The summed E-state index contributed by atoms with van der Waals surface area (Å²) in [6.45, 7) is 0. The van der Waals surface area contributed by atoms with Crippen LogP contribution in [0.2, 0.25) is 10.0 Å². The van der Waals surface area contributed by atoms with Crippen LogP contribution < -0.4 is 0 Å². The zero-order valence-corrected chi connectivity index (χ0v) is 12.4. The minimum Gasteiger partial charge on any atom is -0.366 e. The summed E-state index contributed by atoms with van der Waals surface area (Å²) in [4.78, 5) is 15.6. The molecule has 0 aliphatic carbocycles. The van der Waals surface area contributed by atoms with E-state index >= 15 is 0 Å². The average Bonchev–Trinajstić information content (AvgIpc) is 2.99. The summed E-state index contributed by atoms with van der Waals surface area (Å²) in [7, 11) is 0. The van der Waals surface area contributed by atoms with Gasteiger partial charge < -0.3 is 4.98 Å². The van der Waals surface area contributed by atoms with Crippen LogP contribution in [0, 0.1) is 0 Å². The monoisotopic (exact) mass is 315 g/mol. The molecule has 0 fully saturated rings. The molecular weight excluding hydrogens is 305 g/mol. The molecule has 2 aromatic carbocycles. The normalized spacial score (nSPS) is 10.6. The van der Waals surface area contributed by atoms with Crippen LogP contribution in [-0.2, 0) is 0 Å². The second-order valence-electron chi connectivity index (χ2n) is 4.61. The smallest absolute Gasteiger partial charge is 0.195 e. The fourth-order valence-corrected chi connectivity index (χ4v) is 2.50. The molecule has 1 heterocycles. The van der Waals surface area contributed by atoms with Crippen LogP contribution >= 0.6 is 23.2 Å². The molecule has 2 nitrogen and oxygen atoms in total. The highest BCUT2D eigenvalue weighted by molar-refractivity contribution is 6.42. The van der Waals surface area contributed by atoms with Crippen LogP contribution in [0.25, 0.3) is 11.1 Å². The third-order valence-electron chi connectivity index (χ3n) is 3.26. The average molecular weight is 316 g/mol.